The first-order valence-corrected chi connectivity index (χ1v) is 11.2. The third-order valence-electron chi connectivity index (χ3n) is 5.87. The van der Waals surface area contributed by atoms with E-state index in [1.807, 2.05) is 6.07 Å². The van der Waals surface area contributed by atoms with Gasteiger partial charge >= 0.3 is 0 Å². The van der Waals surface area contributed by atoms with E-state index in [1.54, 1.807) is 25.4 Å². The number of amides is 1. The van der Waals surface area contributed by atoms with E-state index in [2.05, 4.69) is 25.5 Å². The number of aliphatic hydroxyl groups excluding tert-OH is 1. The number of piperidine rings is 1. The van der Waals surface area contributed by atoms with Crippen molar-refractivity contribution in [3.8, 4) is 11.6 Å². The van der Waals surface area contributed by atoms with E-state index >= 15 is 0 Å². The molecule has 2 aliphatic rings. The van der Waals surface area contributed by atoms with Crippen LogP contribution in [-0.2, 0) is 6.42 Å². The summed E-state index contributed by atoms with van der Waals surface area (Å²) in [4.78, 5) is 23.3. The van der Waals surface area contributed by atoms with Gasteiger partial charge in [-0.25, -0.2) is 4.98 Å². The minimum atomic E-state index is -0.515. The lowest BCUT2D eigenvalue weighted by molar-refractivity contribution is 0.0237. The van der Waals surface area contributed by atoms with Crippen LogP contribution in [0.1, 0.15) is 22.3 Å². The Morgan fingerprint density at radius 3 is 3.12 bits per heavy atom. The van der Waals surface area contributed by atoms with Gasteiger partial charge in [0.15, 0.2) is 0 Å². The SMILES string of the molecule is COc1ccnc(NCCN2CCC(CNC(=O)c3cc(Cl)cc4c3OCC4)C(O)C2)n1. The van der Waals surface area contributed by atoms with Crippen molar-refractivity contribution in [2.24, 2.45) is 5.92 Å². The third-order valence-corrected chi connectivity index (χ3v) is 6.09. The Hall–Kier alpha value is -2.62. The minimum absolute atomic E-state index is 0.00183. The standard InChI is InChI=1S/C22H28ClN5O4/c1-31-19-2-5-24-22(27-19)25-6-8-28-7-3-15(18(29)13-28)12-26-21(30)17-11-16(23)10-14-4-9-32-20(14)17/h2,5,10-11,15,18,29H,3-4,6-9,12-13H2,1H3,(H,26,30)(H,24,25,27). The molecule has 1 aromatic heterocycles. The Morgan fingerprint density at radius 1 is 1.44 bits per heavy atom. The highest BCUT2D eigenvalue weighted by molar-refractivity contribution is 6.31. The summed E-state index contributed by atoms with van der Waals surface area (Å²) in [5.74, 6) is 1.42. The van der Waals surface area contributed by atoms with Gasteiger partial charge in [-0.2, -0.15) is 4.98 Å². The van der Waals surface area contributed by atoms with Crippen LogP contribution in [0.4, 0.5) is 5.95 Å². The molecule has 32 heavy (non-hydrogen) atoms. The quantitative estimate of drug-likeness (QED) is 0.544. The second-order valence-electron chi connectivity index (χ2n) is 8.02. The number of hydrogen-bond acceptors (Lipinski definition) is 8. The van der Waals surface area contributed by atoms with Gasteiger partial charge in [0.1, 0.15) is 5.75 Å². The highest BCUT2D eigenvalue weighted by Gasteiger charge is 2.29. The van der Waals surface area contributed by atoms with Gasteiger partial charge in [-0.15, -0.1) is 0 Å². The molecule has 4 rings (SSSR count). The number of aliphatic hydroxyl groups is 1. The average Bonchev–Trinajstić information content (AvgIpc) is 3.26. The minimum Gasteiger partial charge on any atom is -0.492 e. The number of hydrogen-bond donors (Lipinski definition) is 3. The third kappa shape index (κ3) is 5.40. The van der Waals surface area contributed by atoms with Gasteiger partial charge in [0.2, 0.25) is 11.8 Å². The summed E-state index contributed by atoms with van der Waals surface area (Å²) >= 11 is 6.16. The Balaban J connectivity index is 1.22. The zero-order chi connectivity index (χ0) is 22.5. The first-order valence-electron chi connectivity index (χ1n) is 10.8. The normalized spacial score (nSPS) is 20.3. The second-order valence-corrected chi connectivity index (χ2v) is 8.45. The molecule has 0 saturated carbocycles. The van der Waals surface area contributed by atoms with Gasteiger partial charge < -0.3 is 25.2 Å². The molecular formula is C22H28ClN5O4. The summed E-state index contributed by atoms with van der Waals surface area (Å²) in [5, 5.41) is 17.3. The van der Waals surface area contributed by atoms with Crippen molar-refractivity contribution in [2.45, 2.75) is 18.9 Å². The maximum absolute atomic E-state index is 12.7. The maximum Gasteiger partial charge on any atom is 0.255 e. The van der Waals surface area contributed by atoms with Gasteiger partial charge in [-0.05, 0) is 30.7 Å². The van der Waals surface area contributed by atoms with E-state index in [4.69, 9.17) is 21.1 Å². The van der Waals surface area contributed by atoms with Crippen molar-refractivity contribution in [1.29, 1.82) is 0 Å². The first kappa shape index (κ1) is 22.6. The summed E-state index contributed by atoms with van der Waals surface area (Å²) in [6.45, 7) is 3.77. The maximum atomic E-state index is 12.7. The van der Waals surface area contributed by atoms with Gasteiger partial charge in [0.25, 0.3) is 5.91 Å². The zero-order valence-electron chi connectivity index (χ0n) is 18.0. The van der Waals surface area contributed by atoms with E-state index in [0.717, 1.165) is 31.5 Å². The molecule has 1 amide bonds. The van der Waals surface area contributed by atoms with E-state index < -0.39 is 6.10 Å². The number of anilines is 1. The van der Waals surface area contributed by atoms with Crippen molar-refractivity contribution in [2.75, 3.05) is 51.8 Å². The van der Waals surface area contributed by atoms with Gasteiger partial charge in [-0.1, -0.05) is 11.6 Å². The van der Waals surface area contributed by atoms with E-state index in [0.29, 0.717) is 54.4 Å². The molecule has 2 unspecified atom stereocenters. The van der Waals surface area contributed by atoms with E-state index in [-0.39, 0.29) is 11.8 Å². The summed E-state index contributed by atoms with van der Waals surface area (Å²) in [6.07, 6.45) is 2.67. The number of carbonyl (C=O) groups is 1. The number of rotatable bonds is 8. The van der Waals surface area contributed by atoms with Crippen LogP contribution < -0.4 is 20.1 Å². The fourth-order valence-corrected chi connectivity index (χ4v) is 4.35. The predicted molar refractivity (Wildman–Crippen MR) is 121 cm³/mol. The van der Waals surface area contributed by atoms with Crippen molar-refractivity contribution in [1.82, 2.24) is 20.2 Å². The molecule has 0 aliphatic carbocycles. The Bertz CT molecular complexity index is 960. The second kappa shape index (κ2) is 10.3. The molecule has 3 heterocycles. The van der Waals surface area contributed by atoms with E-state index in [9.17, 15) is 9.90 Å². The van der Waals surface area contributed by atoms with Crippen molar-refractivity contribution < 1.29 is 19.4 Å². The lowest BCUT2D eigenvalue weighted by Crippen LogP contribution is -2.48. The molecule has 0 radical (unpaired) electrons. The number of halogens is 1. The lowest BCUT2D eigenvalue weighted by Gasteiger charge is -2.36. The highest BCUT2D eigenvalue weighted by atomic mass is 35.5. The van der Waals surface area contributed by atoms with Crippen molar-refractivity contribution in [3.63, 3.8) is 0 Å². The predicted octanol–water partition coefficient (Wildman–Crippen LogP) is 1.60. The molecule has 2 atom stereocenters. The van der Waals surface area contributed by atoms with Crippen LogP contribution in [0.15, 0.2) is 24.4 Å². The molecule has 172 valence electrons. The van der Waals surface area contributed by atoms with Crippen LogP contribution in [0.5, 0.6) is 11.6 Å². The molecule has 1 saturated heterocycles. The van der Waals surface area contributed by atoms with Gasteiger partial charge in [0.05, 0.1) is 25.4 Å². The molecule has 9 nitrogen and oxygen atoms in total. The van der Waals surface area contributed by atoms with Crippen molar-refractivity contribution in [3.05, 3.63) is 40.5 Å². The number of nitrogens with one attached hydrogen (secondary N) is 2. The number of likely N-dealkylation sites (tertiary alicyclic amines) is 1. The molecule has 0 bridgehead atoms. The molecule has 2 aromatic rings. The highest BCUT2D eigenvalue weighted by Crippen LogP contribution is 2.32. The molecule has 0 spiro atoms. The van der Waals surface area contributed by atoms with Crippen LogP contribution >= 0.6 is 11.6 Å². The van der Waals surface area contributed by atoms with Crippen LogP contribution in [0.25, 0.3) is 0 Å². The first-order chi connectivity index (χ1) is 15.5. The number of nitrogens with zero attached hydrogens (tertiary/aromatic N) is 3. The average molecular weight is 462 g/mol. The Labute approximate surface area is 192 Å². The number of ether oxygens (including phenoxy) is 2. The molecule has 3 N–H and O–H groups in total. The number of fused-ring (bicyclic) bond motifs is 1. The summed E-state index contributed by atoms with van der Waals surface area (Å²) < 4.78 is 10.7. The fraction of sp³-hybridized carbons (Fsp3) is 0.500. The number of aromatic nitrogens is 2. The van der Waals surface area contributed by atoms with Crippen LogP contribution in [0, 0.1) is 5.92 Å². The smallest absolute Gasteiger partial charge is 0.255 e. The summed E-state index contributed by atoms with van der Waals surface area (Å²) in [7, 11) is 1.56. The largest absolute Gasteiger partial charge is 0.492 e. The summed E-state index contributed by atoms with van der Waals surface area (Å²) in [5.41, 5.74) is 1.42. The van der Waals surface area contributed by atoms with Gasteiger partial charge in [0, 0.05) is 55.8 Å². The molecular weight excluding hydrogens is 434 g/mol. The topological polar surface area (TPSA) is 109 Å². The van der Waals surface area contributed by atoms with E-state index in [1.165, 1.54) is 0 Å². The van der Waals surface area contributed by atoms with Gasteiger partial charge in [-0.3, -0.25) is 9.69 Å². The monoisotopic (exact) mass is 461 g/mol. The molecule has 10 heteroatoms. The zero-order valence-corrected chi connectivity index (χ0v) is 18.8. The van der Waals surface area contributed by atoms with Crippen molar-refractivity contribution >= 4 is 23.5 Å². The van der Waals surface area contributed by atoms with Crippen LogP contribution in [0.2, 0.25) is 5.02 Å². The number of benzene rings is 1. The number of carbonyl (C=O) groups excluding carboxylic acids is 1. The van der Waals surface area contributed by atoms with Crippen LogP contribution in [-0.4, -0.2) is 78.4 Å². The Morgan fingerprint density at radius 2 is 2.31 bits per heavy atom. The number of β-amino-alcohol motifs (C(OH)–C–C–N with tert-alkyl or cyclic N) is 1. The van der Waals surface area contributed by atoms with Crippen LogP contribution in [0.3, 0.4) is 0 Å². The Kier molecular flexibility index (Phi) is 7.29. The summed E-state index contributed by atoms with van der Waals surface area (Å²) in [6, 6.07) is 5.17. The fourth-order valence-electron chi connectivity index (χ4n) is 4.11. The lowest BCUT2D eigenvalue weighted by atomic mass is 9.93. The molecule has 1 fully saturated rings. The molecule has 2 aliphatic heterocycles. The number of methoxy groups -OCH3 is 1. The molecule has 1 aromatic carbocycles.